The van der Waals surface area contributed by atoms with Crippen LogP contribution in [0.25, 0.3) is 22.9 Å². The number of fused-ring (bicyclic) bond motifs is 1. The second-order valence-corrected chi connectivity index (χ2v) is 4.72. The number of nitrogens with zero attached hydrogens (tertiary/aromatic N) is 1. The molecular weight excluding hydrogens is 282 g/mol. The summed E-state index contributed by atoms with van der Waals surface area (Å²) < 4.78 is 5.23. The van der Waals surface area contributed by atoms with Crippen LogP contribution in [0.15, 0.2) is 63.8 Å². The lowest BCUT2D eigenvalue weighted by Crippen LogP contribution is -2.06. The first-order valence-corrected chi connectivity index (χ1v) is 6.61. The lowest BCUT2D eigenvalue weighted by atomic mass is 10.1. The van der Waals surface area contributed by atoms with Gasteiger partial charge in [-0.25, -0.2) is 4.79 Å². The number of hydrogen-bond acceptors (Lipinski definition) is 5. The van der Waals surface area contributed by atoms with E-state index in [4.69, 9.17) is 9.62 Å². The highest BCUT2D eigenvalue weighted by molar-refractivity contribution is 5.83. The molecule has 0 saturated carbocycles. The number of benzene rings is 2. The van der Waals surface area contributed by atoms with Crippen LogP contribution in [0, 0.1) is 5.21 Å². The van der Waals surface area contributed by atoms with E-state index in [1.165, 1.54) is 12.1 Å². The Hall–Kier alpha value is -2.89. The topological polar surface area (TPSA) is 76.7 Å². The van der Waals surface area contributed by atoms with Crippen LogP contribution in [0.5, 0.6) is 0 Å². The second-order valence-electron chi connectivity index (χ2n) is 4.72. The van der Waals surface area contributed by atoms with Gasteiger partial charge in [-0.2, -0.15) is 0 Å². The minimum Gasteiger partial charge on any atom is -0.733 e. The lowest BCUT2D eigenvalue weighted by Gasteiger charge is -2.21. The van der Waals surface area contributed by atoms with Crippen molar-refractivity contribution in [1.29, 1.82) is 0 Å². The summed E-state index contributed by atoms with van der Waals surface area (Å²) >= 11 is 0. The minimum absolute atomic E-state index is 0.148. The molecule has 0 fully saturated rings. The smallest absolute Gasteiger partial charge is 0.344 e. The number of hydrogen-bond donors (Lipinski definition) is 1. The molecule has 1 N–H and O–H groups in total. The molecule has 0 bridgehead atoms. The van der Waals surface area contributed by atoms with Gasteiger partial charge in [-0.05, 0) is 41.3 Å². The minimum atomic E-state index is -0.379. The molecule has 5 nitrogen and oxygen atoms in total. The van der Waals surface area contributed by atoms with Gasteiger partial charge >= 0.3 is 5.63 Å². The summed E-state index contributed by atoms with van der Waals surface area (Å²) in [5.74, 6) is 0.445. The molecule has 0 amide bonds. The maximum Gasteiger partial charge on any atom is 0.344 e. The van der Waals surface area contributed by atoms with Crippen molar-refractivity contribution in [2.75, 3.05) is 5.23 Å². The Labute approximate surface area is 125 Å². The van der Waals surface area contributed by atoms with E-state index < -0.39 is 0 Å². The van der Waals surface area contributed by atoms with Crippen LogP contribution in [0.2, 0.25) is 0 Å². The van der Waals surface area contributed by atoms with Gasteiger partial charge in [0.05, 0.1) is 11.1 Å². The molecule has 2 aromatic carbocycles. The molecular formula is C17H12NO4-. The van der Waals surface area contributed by atoms with E-state index in [2.05, 4.69) is 0 Å². The van der Waals surface area contributed by atoms with Gasteiger partial charge in [-0.3, -0.25) is 5.21 Å². The molecule has 0 aliphatic carbocycles. The fourth-order valence-electron chi connectivity index (χ4n) is 2.13. The van der Waals surface area contributed by atoms with Crippen molar-refractivity contribution >= 4 is 28.6 Å². The standard InChI is InChI=1S/C17H12NO4/c19-17-16-4-2-1-3-13(16)11-15(22-17)10-7-12-5-8-14(9-6-12)18(20)21/h1-11,20H/q-1. The average Bonchev–Trinajstić information content (AvgIpc) is 2.53. The molecule has 22 heavy (non-hydrogen) atoms. The highest BCUT2D eigenvalue weighted by atomic mass is 16.8. The van der Waals surface area contributed by atoms with Crippen LogP contribution < -0.4 is 10.9 Å². The molecule has 3 aromatic rings. The van der Waals surface area contributed by atoms with Crippen LogP contribution in [-0.2, 0) is 0 Å². The van der Waals surface area contributed by atoms with Gasteiger partial charge in [0.25, 0.3) is 0 Å². The Kier molecular flexibility index (Phi) is 3.74. The molecule has 0 unspecified atom stereocenters. The number of anilines is 1. The SMILES string of the molecule is O=c1oc(C=Cc2ccc(N([O-])O)cc2)cc2ccccc12. The van der Waals surface area contributed by atoms with Gasteiger partial charge < -0.3 is 14.9 Å². The van der Waals surface area contributed by atoms with Gasteiger partial charge in [-0.1, -0.05) is 36.4 Å². The monoisotopic (exact) mass is 294 g/mol. The molecule has 0 aliphatic heterocycles. The summed E-state index contributed by atoms with van der Waals surface area (Å²) in [6.45, 7) is 0. The van der Waals surface area contributed by atoms with Crippen molar-refractivity contribution < 1.29 is 9.62 Å². The Balaban J connectivity index is 1.90. The molecule has 1 heterocycles. The summed E-state index contributed by atoms with van der Waals surface area (Å²) in [6, 6.07) is 15.3. The zero-order chi connectivity index (χ0) is 15.5. The second kappa shape index (κ2) is 5.85. The van der Waals surface area contributed by atoms with Gasteiger partial charge in [-0.15, -0.1) is 0 Å². The summed E-state index contributed by atoms with van der Waals surface area (Å²) in [4.78, 5) is 11.9. The molecule has 110 valence electrons. The Bertz CT molecular complexity index is 879. The zero-order valence-electron chi connectivity index (χ0n) is 11.5. The molecule has 1 aromatic heterocycles. The first kappa shape index (κ1) is 14.1. The van der Waals surface area contributed by atoms with E-state index in [-0.39, 0.29) is 16.5 Å². The van der Waals surface area contributed by atoms with Gasteiger partial charge in [0.15, 0.2) is 0 Å². The molecule has 5 heteroatoms. The van der Waals surface area contributed by atoms with Crippen LogP contribution in [0.1, 0.15) is 11.3 Å². The molecule has 0 saturated heterocycles. The number of rotatable bonds is 3. The van der Waals surface area contributed by atoms with E-state index in [9.17, 15) is 10.0 Å². The van der Waals surface area contributed by atoms with Gasteiger partial charge in [0.1, 0.15) is 5.76 Å². The van der Waals surface area contributed by atoms with Crippen LogP contribution >= 0.6 is 0 Å². The average molecular weight is 294 g/mol. The van der Waals surface area contributed by atoms with Gasteiger partial charge in [0.2, 0.25) is 0 Å². The van der Waals surface area contributed by atoms with Crippen LogP contribution in [-0.4, -0.2) is 5.21 Å². The van der Waals surface area contributed by atoms with Crippen LogP contribution in [0.3, 0.4) is 0 Å². The van der Waals surface area contributed by atoms with E-state index >= 15 is 0 Å². The highest BCUT2D eigenvalue weighted by Gasteiger charge is 2.01. The van der Waals surface area contributed by atoms with Crippen molar-refractivity contribution in [3.8, 4) is 0 Å². The van der Waals surface area contributed by atoms with Crippen molar-refractivity contribution in [2.24, 2.45) is 0 Å². The molecule has 0 aliphatic rings. The largest absolute Gasteiger partial charge is 0.733 e. The van der Waals surface area contributed by atoms with E-state index in [1.54, 1.807) is 42.5 Å². The first-order valence-electron chi connectivity index (χ1n) is 6.61. The predicted molar refractivity (Wildman–Crippen MR) is 85.5 cm³/mol. The quantitative estimate of drug-likeness (QED) is 0.746. The van der Waals surface area contributed by atoms with Crippen molar-refractivity contribution in [1.82, 2.24) is 0 Å². The Morgan fingerprint density at radius 1 is 1.05 bits per heavy atom. The maximum atomic E-state index is 11.9. The summed E-state index contributed by atoms with van der Waals surface area (Å²) in [5, 5.41) is 20.6. The predicted octanol–water partition coefficient (Wildman–Crippen LogP) is 3.66. The summed E-state index contributed by atoms with van der Waals surface area (Å²) in [6.07, 6.45) is 3.43. The molecule has 3 rings (SSSR count). The third kappa shape index (κ3) is 2.90. The van der Waals surface area contributed by atoms with Crippen molar-refractivity contribution in [3.63, 3.8) is 0 Å². The summed E-state index contributed by atoms with van der Waals surface area (Å²) in [7, 11) is 0. The normalized spacial score (nSPS) is 11.2. The summed E-state index contributed by atoms with van der Waals surface area (Å²) in [5.41, 5.74) is 0.575. The molecule has 0 spiro atoms. The van der Waals surface area contributed by atoms with E-state index in [0.29, 0.717) is 11.1 Å². The Morgan fingerprint density at radius 3 is 2.50 bits per heavy atom. The van der Waals surface area contributed by atoms with E-state index in [1.807, 2.05) is 12.1 Å². The fourth-order valence-corrected chi connectivity index (χ4v) is 2.13. The fraction of sp³-hybridized carbons (Fsp3) is 0. The molecule has 0 radical (unpaired) electrons. The van der Waals surface area contributed by atoms with Crippen molar-refractivity contribution in [3.05, 3.63) is 81.5 Å². The third-order valence-electron chi connectivity index (χ3n) is 3.24. The third-order valence-corrected chi connectivity index (χ3v) is 3.24. The van der Waals surface area contributed by atoms with Crippen molar-refractivity contribution in [2.45, 2.75) is 0 Å². The molecule has 0 atom stereocenters. The zero-order valence-corrected chi connectivity index (χ0v) is 11.5. The Morgan fingerprint density at radius 2 is 1.77 bits per heavy atom. The first-order chi connectivity index (χ1) is 10.6. The van der Waals surface area contributed by atoms with Crippen LogP contribution in [0.4, 0.5) is 5.69 Å². The van der Waals surface area contributed by atoms with E-state index in [0.717, 1.165) is 10.9 Å². The lowest BCUT2D eigenvalue weighted by molar-refractivity contribution is 0.296. The van der Waals surface area contributed by atoms with Gasteiger partial charge in [0, 0.05) is 0 Å². The highest BCUT2D eigenvalue weighted by Crippen LogP contribution is 2.16. The maximum absolute atomic E-state index is 11.9.